The Morgan fingerprint density at radius 3 is 2.11 bits per heavy atom. The summed E-state index contributed by atoms with van der Waals surface area (Å²) in [7, 11) is 1.54. The molecule has 7 heteroatoms. The molecule has 3 aromatic carbocycles. The third-order valence-electron chi connectivity index (χ3n) is 6.29. The van der Waals surface area contributed by atoms with Gasteiger partial charge in [-0.1, -0.05) is 54.6 Å². The molecule has 4 aromatic rings. The zero-order chi connectivity index (χ0) is 24.7. The van der Waals surface area contributed by atoms with E-state index in [1.807, 2.05) is 18.2 Å². The maximum Gasteiger partial charge on any atom is 0.275 e. The first-order valence-electron chi connectivity index (χ1n) is 11.0. The van der Waals surface area contributed by atoms with Crippen molar-refractivity contribution < 1.29 is 19.4 Å². The first kappa shape index (κ1) is 22.2. The van der Waals surface area contributed by atoms with E-state index in [1.165, 1.54) is 17.9 Å². The topological polar surface area (TPSA) is 101 Å². The Morgan fingerprint density at radius 2 is 1.46 bits per heavy atom. The fraction of sp³-hybridized carbons (Fsp3) is 0.107. The van der Waals surface area contributed by atoms with Crippen molar-refractivity contribution in [3.05, 3.63) is 123 Å². The lowest BCUT2D eigenvalue weighted by Crippen LogP contribution is -2.30. The van der Waals surface area contributed by atoms with Crippen molar-refractivity contribution in [1.82, 2.24) is 9.78 Å². The van der Waals surface area contributed by atoms with Crippen molar-refractivity contribution in [2.45, 2.75) is 12.8 Å². The van der Waals surface area contributed by atoms with Gasteiger partial charge in [-0.3, -0.25) is 19.5 Å². The Kier molecular flexibility index (Phi) is 5.45. The quantitative estimate of drug-likeness (QED) is 0.426. The molecule has 35 heavy (non-hydrogen) atoms. The molecule has 2 N–H and O–H groups in total. The molecule has 174 valence electrons. The van der Waals surface area contributed by atoms with Crippen LogP contribution in [-0.4, -0.2) is 33.6 Å². The molecule has 0 amide bonds. The third-order valence-corrected chi connectivity index (χ3v) is 6.29. The van der Waals surface area contributed by atoms with Crippen LogP contribution in [0.4, 0.5) is 0 Å². The SMILES string of the molecule is COc1ccc(C(C2=C(O)c3ccccc3C(=O)C2=O)c2c(C)[nH]n(-c3ccccc3)c2=O)cc1. The Hall–Kier alpha value is -4.65. The highest BCUT2D eigenvalue weighted by Gasteiger charge is 2.40. The minimum Gasteiger partial charge on any atom is -0.507 e. The number of nitrogens with zero attached hydrogens (tertiary/aromatic N) is 1. The maximum atomic E-state index is 13.7. The second-order valence-corrected chi connectivity index (χ2v) is 8.30. The number of hydrogen-bond acceptors (Lipinski definition) is 5. The first-order chi connectivity index (χ1) is 16.9. The van der Waals surface area contributed by atoms with Gasteiger partial charge in [-0.15, -0.1) is 0 Å². The van der Waals surface area contributed by atoms with E-state index >= 15 is 0 Å². The molecule has 0 bridgehead atoms. The summed E-state index contributed by atoms with van der Waals surface area (Å²) in [4.78, 5) is 40.1. The number of ether oxygens (including phenoxy) is 1. The number of benzene rings is 3. The molecule has 0 radical (unpaired) electrons. The van der Waals surface area contributed by atoms with Gasteiger partial charge in [0, 0.05) is 22.7 Å². The van der Waals surface area contributed by atoms with Crippen molar-refractivity contribution >= 4 is 17.3 Å². The predicted molar refractivity (Wildman–Crippen MR) is 131 cm³/mol. The number of methoxy groups -OCH3 is 1. The van der Waals surface area contributed by atoms with E-state index in [-0.39, 0.29) is 33.6 Å². The van der Waals surface area contributed by atoms with Gasteiger partial charge in [-0.05, 0) is 36.8 Å². The summed E-state index contributed by atoms with van der Waals surface area (Å²) in [6, 6.07) is 22.3. The van der Waals surface area contributed by atoms with Crippen molar-refractivity contribution in [2.24, 2.45) is 0 Å². The zero-order valence-electron chi connectivity index (χ0n) is 19.1. The smallest absolute Gasteiger partial charge is 0.275 e. The fourth-order valence-electron chi connectivity index (χ4n) is 4.59. The molecular formula is C28H22N2O5. The van der Waals surface area contributed by atoms with E-state index in [0.29, 0.717) is 22.7 Å². The van der Waals surface area contributed by atoms with Crippen LogP contribution in [0.15, 0.2) is 89.2 Å². The summed E-state index contributed by atoms with van der Waals surface area (Å²) in [5.74, 6) is -2.26. The molecular weight excluding hydrogens is 444 g/mol. The molecule has 1 heterocycles. The van der Waals surface area contributed by atoms with E-state index in [4.69, 9.17) is 4.74 Å². The highest BCUT2D eigenvalue weighted by molar-refractivity contribution is 6.52. The van der Waals surface area contributed by atoms with Crippen LogP contribution < -0.4 is 10.3 Å². The Morgan fingerprint density at radius 1 is 0.829 bits per heavy atom. The molecule has 0 spiro atoms. The number of nitrogens with one attached hydrogen (secondary N) is 1. The fourth-order valence-corrected chi connectivity index (χ4v) is 4.59. The van der Waals surface area contributed by atoms with Gasteiger partial charge in [0.05, 0.1) is 23.9 Å². The van der Waals surface area contributed by atoms with E-state index in [9.17, 15) is 19.5 Å². The van der Waals surface area contributed by atoms with Crippen LogP contribution in [0.3, 0.4) is 0 Å². The average molecular weight is 466 g/mol. The number of para-hydroxylation sites is 1. The number of Topliss-reactive ketones (excluding diaryl/α,β-unsaturated/α-hetero) is 2. The first-order valence-corrected chi connectivity index (χ1v) is 11.0. The second kappa shape index (κ2) is 8.61. The number of allylic oxidation sites excluding steroid dienone is 1. The molecule has 1 unspecified atom stereocenters. The second-order valence-electron chi connectivity index (χ2n) is 8.30. The number of aliphatic hydroxyl groups is 1. The van der Waals surface area contributed by atoms with Crippen LogP contribution in [0.2, 0.25) is 0 Å². The molecule has 1 aromatic heterocycles. The molecule has 7 nitrogen and oxygen atoms in total. The minimum atomic E-state index is -0.987. The normalized spacial score (nSPS) is 14.1. The largest absolute Gasteiger partial charge is 0.507 e. The molecule has 5 rings (SSSR count). The van der Waals surface area contributed by atoms with Crippen molar-refractivity contribution in [1.29, 1.82) is 0 Å². The highest BCUT2D eigenvalue weighted by atomic mass is 16.5. The number of aromatic amines is 1. The summed E-state index contributed by atoms with van der Waals surface area (Å²) >= 11 is 0. The van der Waals surface area contributed by atoms with Gasteiger partial charge in [0.15, 0.2) is 0 Å². The van der Waals surface area contributed by atoms with E-state index < -0.39 is 17.5 Å². The van der Waals surface area contributed by atoms with Crippen molar-refractivity contribution in [3.8, 4) is 11.4 Å². The van der Waals surface area contributed by atoms with Crippen LogP contribution in [0.1, 0.15) is 38.7 Å². The maximum absolute atomic E-state index is 13.7. The number of H-pyrrole nitrogens is 1. The summed E-state index contributed by atoms with van der Waals surface area (Å²) in [6.45, 7) is 1.73. The van der Waals surface area contributed by atoms with Crippen molar-refractivity contribution in [2.75, 3.05) is 7.11 Å². The van der Waals surface area contributed by atoms with Crippen LogP contribution >= 0.6 is 0 Å². The number of aliphatic hydroxyl groups excluding tert-OH is 1. The van der Waals surface area contributed by atoms with Crippen LogP contribution in [0, 0.1) is 6.92 Å². The zero-order valence-corrected chi connectivity index (χ0v) is 19.1. The minimum absolute atomic E-state index is 0.127. The number of aromatic nitrogens is 2. The van der Waals surface area contributed by atoms with E-state index in [0.717, 1.165) is 0 Å². The van der Waals surface area contributed by atoms with Gasteiger partial charge in [-0.25, -0.2) is 4.68 Å². The monoisotopic (exact) mass is 466 g/mol. The lowest BCUT2D eigenvalue weighted by atomic mass is 9.76. The molecule has 0 saturated carbocycles. The summed E-state index contributed by atoms with van der Waals surface area (Å²) in [5.41, 5.74) is 1.86. The predicted octanol–water partition coefficient (Wildman–Crippen LogP) is 4.35. The molecule has 1 aliphatic carbocycles. The van der Waals surface area contributed by atoms with E-state index in [2.05, 4.69) is 5.10 Å². The molecule has 1 atom stereocenters. The van der Waals surface area contributed by atoms with Crippen LogP contribution in [-0.2, 0) is 4.79 Å². The van der Waals surface area contributed by atoms with Gasteiger partial charge < -0.3 is 9.84 Å². The molecule has 0 saturated heterocycles. The number of aryl methyl sites for hydroxylation is 1. The van der Waals surface area contributed by atoms with Gasteiger partial charge in [0.2, 0.25) is 11.6 Å². The number of ketones is 2. The molecule has 1 aliphatic rings. The van der Waals surface area contributed by atoms with Crippen molar-refractivity contribution in [3.63, 3.8) is 0 Å². The number of fused-ring (bicyclic) bond motifs is 1. The Balaban J connectivity index is 1.80. The lowest BCUT2D eigenvalue weighted by molar-refractivity contribution is -0.112. The van der Waals surface area contributed by atoms with Crippen LogP contribution in [0.25, 0.3) is 11.4 Å². The lowest BCUT2D eigenvalue weighted by Gasteiger charge is -2.24. The van der Waals surface area contributed by atoms with Crippen LogP contribution in [0.5, 0.6) is 5.75 Å². The molecule has 0 fully saturated rings. The van der Waals surface area contributed by atoms with Gasteiger partial charge >= 0.3 is 0 Å². The standard InChI is InChI=1S/C28H22N2O5/c1-16-22(28(34)30(29-16)18-8-4-3-5-9-18)23(17-12-14-19(35-2)15-13-17)24-25(31)20-10-6-7-11-21(20)26(32)27(24)33/h3-15,23,29,31H,1-2H3. The highest BCUT2D eigenvalue weighted by Crippen LogP contribution is 2.40. The van der Waals surface area contributed by atoms with Gasteiger partial charge in [0.1, 0.15) is 11.5 Å². The van der Waals surface area contributed by atoms with Gasteiger partial charge in [-0.2, -0.15) is 0 Å². The van der Waals surface area contributed by atoms with Gasteiger partial charge in [0.25, 0.3) is 5.56 Å². The van der Waals surface area contributed by atoms with E-state index in [1.54, 1.807) is 61.5 Å². The number of carbonyl (C=O) groups is 2. The molecule has 0 aliphatic heterocycles. The number of carbonyl (C=O) groups excluding carboxylic acids is 2. The summed E-state index contributed by atoms with van der Waals surface area (Å²) < 4.78 is 6.65. The summed E-state index contributed by atoms with van der Waals surface area (Å²) in [6.07, 6.45) is 0. The third kappa shape index (κ3) is 3.58. The average Bonchev–Trinajstić information content (AvgIpc) is 3.19. The summed E-state index contributed by atoms with van der Waals surface area (Å²) in [5, 5.41) is 14.4. The Labute approximate surface area is 200 Å². The number of rotatable bonds is 5. The number of hydrogen-bond donors (Lipinski definition) is 2. The Bertz CT molecular complexity index is 1540.